The van der Waals surface area contributed by atoms with Gasteiger partial charge in [0, 0.05) is 24.9 Å². The van der Waals surface area contributed by atoms with E-state index in [-0.39, 0.29) is 5.56 Å². The topological polar surface area (TPSA) is 61.4 Å². The summed E-state index contributed by atoms with van der Waals surface area (Å²) < 4.78 is 8.49. The molecule has 2 heterocycles. The van der Waals surface area contributed by atoms with E-state index in [0.717, 1.165) is 24.4 Å². The number of benzene rings is 1. The molecule has 0 aliphatic heterocycles. The highest BCUT2D eigenvalue weighted by atomic mass is 16.5. The van der Waals surface area contributed by atoms with E-state index in [0.29, 0.717) is 11.4 Å². The maximum absolute atomic E-state index is 12.5. The lowest BCUT2D eigenvalue weighted by molar-refractivity contribution is 0.414. The smallest absolute Gasteiger partial charge is 0.300 e. The van der Waals surface area contributed by atoms with Gasteiger partial charge in [-0.15, -0.1) is 10.2 Å². The minimum Gasteiger partial charge on any atom is -0.497 e. The summed E-state index contributed by atoms with van der Waals surface area (Å²) >= 11 is 0. The maximum Gasteiger partial charge on any atom is 0.300 e. The molecule has 0 atom stereocenters. The first-order chi connectivity index (χ1) is 10.2. The predicted octanol–water partition coefficient (Wildman–Crippen LogP) is 1.84. The molecule has 0 fully saturated rings. The van der Waals surface area contributed by atoms with Gasteiger partial charge in [0.2, 0.25) is 5.65 Å². The van der Waals surface area contributed by atoms with Crippen molar-refractivity contribution in [3.05, 3.63) is 52.8 Å². The number of aromatic nitrogens is 4. The molecule has 0 saturated carbocycles. The third-order valence-electron chi connectivity index (χ3n) is 3.35. The first-order valence-corrected chi connectivity index (χ1v) is 6.84. The van der Waals surface area contributed by atoms with Gasteiger partial charge in [0.25, 0.3) is 0 Å². The zero-order valence-electron chi connectivity index (χ0n) is 12.0. The monoisotopic (exact) mass is 284 g/mol. The van der Waals surface area contributed by atoms with E-state index in [1.165, 1.54) is 0 Å². The summed E-state index contributed by atoms with van der Waals surface area (Å²) in [5.41, 5.74) is 0.881. The maximum atomic E-state index is 12.5. The van der Waals surface area contributed by atoms with E-state index in [1.807, 2.05) is 24.4 Å². The molecule has 2 aromatic heterocycles. The van der Waals surface area contributed by atoms with Gasteiger partial charge in [-0.1, -0.05) is 13.0 Å². The molecule has 0 bridgehead atoms. The van der Waals surface area contributed by atoms with Crippen molar-refractivity contribution in [3.63, 3.8) is 0 Å². The van der Waals surface area contributed by atoms with Crippen molar-refractivity contribution in [2.45, 2.75) is 19.8 Å². The minimum absolute atomic E-state index is 0.194. The summed E-state index contributed by atoms with van der Waals surface area (Å²) in [6.45, 7) is 2.07. The Bertz CT molecular complexity index is 835. The molecule has 0 radical (unpaired) electrons. The van der Waals surface area contributed by atoms with Gasteiger partial charge < -0.3 is 4.74 Å². The van der Waals surface area contributed by atoms with Crippen molar-refractivity contribution >= 4 is 5.65 Å². The van der Waals surface area contributed by atoms with Gasteiger partial charge in [0.1, 0.15) is 11.6 Å². The number of aryl methyl sites for hydroxylation is 1. The van der Waals surface area contributed by atoms with Crippen LogP contribution in [0.15, 0.2) is 41.5 Å². The van der Waals surface area contributed by atoms with Crippen LogP contribution in [0.2, 0.25) is 0 Å². The summed E-state index contributed by atoms with van der Waals surface area (Å²) in [6, 6.07) is 7.34. The van der Waals surface area contributed by atoms with Crippen molar-refractivity contribution in [1.82, 2.24) is 19.2 Å². The molecule has 0 amide bonds. The molecule has 0 N–H and O–H groups in total. The van der Waals surface area contributed by atoms with Gasteiger partial charge in [-0.05, 0) is 18.6 Å². The van der Waals surface area contributed by atoms with E-state index < -0.39 is 0 Å². The van der Waals surface area contributed by atoms with Crippen LogP contribution in [0.4, 0.5) is 0 Å². The first kappa shape index (κ1) is 13.4. The molecule has 3 aromatic rings. The average molecular weight is 284 g/mol. The molecule has 3 rings (SSSR count). The molecule has 0 spiro atoms. The van der Waals surface area contributed by atoms with Gasteiger partial charge in [-0.25, -0.2) is 0 Å². The fourth-order valence-electron chi connectivity index (χ4n) is 2.29. The van der Waals surface area contributed by atoms with Crippen LogP contribution < -0.4 is 10.3 Å². The normalized spacial score (nSPS) is 11.0. The van der Waals surface area contributed by atoms with Crippen LogP contribution in [0.25, 0.3) is 11.3 Å². The van der Waals surface area contributed by atoms with Crippen LogP contribution in [-0.2, 0) is 6.42 Å². The summed E-state index contributed by atoms with van der Waals surface area (Å²) in [5.74, 6) is 1.51. The molecular weight excluding hydrogens is 268 g/mol. The third-order valence-corrected chi connectivity index (χ3v) is 3.35. The molecule has 108 valence electrons. The van der Waals surface area contributed by atoms with Crippen molar-refractivity contribution in [2.75, 3.05) is 7.11 Å². The summed E-state index contributed by atoms with van der Waals surface area (Å²) in [6.07, 6.45) is 5.30. The van der Waals surface area contributed by atoms with Crippen molar-refractivity contribution < 1.29 is 4.74 Å². The van der Waals surface area contributed by atoms with E-state index in [4.69, 9.17) is 4.74 Å². The molecule has 0 aliphatic rings. The standard InChI is InChI=1S/C15H16N4O2/c1-3-5-13-16-17-14-15(20)18(8-9-19(13)14)11-6-4-7-12(10-11)21-2/h4,6-10H,3,5H2,1-2H3. The first-order valence-electron chi connectivity index (χ1n) is 6.84. The summed E-state index contributed by atoms with van der Waals surface area (Å²) in [5, 5.41) is 8.10. The van der Waals surface area contributed by atoms with Crippen LogP contribution in [0.5, 0.6) is 5.75 Å². The lowest BCUT2D eigenvalue weighted by Gasteiger charge is -2.08. The zero-order chi connectivity index (χ0) is 14.8. The Balaban J connectivity index is 2.16. The Morgan fingerprint density at radius 1 is 1.24 bits per heavy atom. The molecule has 0 saturated heterocycles. The Morgan fingerprint density at radius 2 is 2.10 bits per heavy atom. The molecular formula is C15H16N4O2. The molecule has 6 heteroatoms. The van der Waals surface area contributed by atoms with Gasteiger partial charge >= 0.3 is 5.56 Å². The zero-order valence-corrected chi connectivity index (χ0v) is 12.0. The van der Waals surface area contributed by atoms with E-state index >= 15 is 0 Å². The van der Waals surface area contributed by atoms with Gasteiger partial charge in [-0.3, -0.25) is 13.8 Å². The number of rotatable bonds is 4. The van der Waals surface area contributed by atoms with Crippen molar-refractivity contribution in [3.8, 4) is 11.4 Å². The lowest BCUT2D eigenvalue weighted by Crippen LogP contribution is -2.20. The number of hydrogen-bond acceptors (Lipinski definition) is 4. The van der Waals surface area contributed by atoms with Gasteiger partial charge in [0.15, 0.2) is 0 Å². The van der Waals surface area contributed by atoms with Gasteiger partial charge in [-0.2, -0.15) is 0 Å². The van der Waals surface area contributed by atoms with E-state index in [9.17, 15) is 4.79 Å². The molecule has 1 aromatic carbocycles. The predicted molar refractivity (Wildman–Crippen MR) is 79.1 cm³/mol. The summed E-state index contributed by atoms with van der Waals surface area (Å²) in [7, 11) is 1.60. The fourth-order valence-corrected chi connectivity index (χ4v) is 2.29. The number of nitrogens with zero attached hydrogens (tertiary/aromatic N) is 4. The highest BCUT2D eigenvalue weighted by Crippen LogP contribution is 2.15. The molecule has 21 heavy (non-hydrogen) atoms. The van der Waals surface area contributed by atoms with Crippen LogP contribution in [-0.4, -0.2) is 26.3 Å². The molecule has 0 aliphatic carbocycles. The second-order valence-corrected chi connectivity index (χ2v) is 4.73. The Labute approximate surface area is 121 Å². The highest BCUT2D eigenvalue weighted by molar-refractivity contribution is 5.43. The second-order valence-electron chi connectivity index (χ2n) is 4.73. The number of methoxy groups -OCH3 is 1. The second kappa shape index (κ2) is 5.40. The number of ether oxygens (including phenoxy) is 1. The quantitative estimate of drug-likeness (QED) is 0.733. The Morgan fingerprint density at radius 3 is 2.86 bits per heavy atom. The SMILES string of the molecule is CCCc1nnc2c(=O)n(-c3cccc(OC)c3)ccn12. The van der Waals surface area contributed by atoms with Crippen molar-refractivity contribution in [1.29, 1.82) is 0 Å². The lowest BCUT2D eigenvalue weighted by atomic mass is 10.3. The van der Waals surface area contributed by atoms with Crippen LogP contribution >= 0.6 is 0 Å². The number of hydrogen-bond donors (Lipinski definition) is 0. The van der Waals surface area contributed by atoms with E-state index in [2.05, 4.69) is 17.1 Å². The minimum atomic E-state index is -0.194. The Kier molecular flexibility index (Phi) is 3.43. The van der Waals surface area contributed by atoms with Crippen molar-refractivity contribution in [2.24, 2.45) is 0 Å². The summed E-state index contributed by atoms with van der Waals surface area (Å²) in [4.78, 5) is 12.5. The number of fused-ring (bicyclic) bond motifs is 1. The Hall–Kier alpha value is -2.63. The van der Waals surface area contributed by atoms with Crippen LogP contribution in [0, 0.1) is 0 Å². The van der Waals surface area contributed by atoms with Gasteiger partial charge in [0.05, 0.1) is 12.8 Å². The van der Waals surface area contributed by atoms with Crippen LogP contribution in [0.3, 0.4) is 0 Å². The molecule has 6 nitrogen and oxygen atoms in total. The third kappa shape index (κ3) is 2.29. The molecule has 0 unspecified atom stereocenters. The fraction of sp³-hybridized carbons (Fsp3) is 0.267. The average Bonchev–Trinajstić information content (AvgIpc) is 2.92. The largest absolute Gasteiger partial charge is 0.497 e. The van der Waals surface area contributed by atoms with Crippen LogP contribution in [0.1, 0.15) is 19.2 Å². The highest BCUT2D eigenvalue weighted by Gasteiger charge is 2.11. The van der Waals surface area contributed by atoms with E-state index in [1.54, 1.807) is 28.3 Å².